The maximum absolute atomic E-state index is 5.87. The third kappa shape index (κ3) is 1.96. The molecule has 0 aliphatic heterocycles. The summed E-state index contributed by atoms with van der Waals surface area (Å²) >= 11 is 0. The first kappa shape index (κ1) is 10.8. The highest BCUT2D eigenvalue weighted by molar-refractivity contribution is 5.58. The molecule has 76 valence electrons. The van der Waals surface area contributed by atoms with Crippen molar-refractivity contribution in [3.63, 3.8) is 0 Å². The van der Waals surface area contributed by atoms with Gasteiger partial charge in [0.15, 0.2) is 0 Å². The van der Waals surface area contributed by atoms with Gasteiger partial charge in [-0.1, -0.05) is 12.1 Å². The first-order valence-corrected chi connectivity index (χ1v) is 4.81. The highest BCUT2D eigenvalue weighted by atomic mass is 15.4. The lowest BCUT2D eigenvalue weighted by Gasteiger charge is -2.18. The molecule has 0 saturated carbocycles. The number of hydrogen-bond acceptors (Lipinski definition) is 2. The van der Waals surface area contributed by atoms with Crippen LogP contribution in [0.3, 0.4) is 0 Å². The average Bonchev–Trinajstić information content (AvgIpc) is 2.15. The maximum atomic E-state index is 5.87. The van der Waals surface area contributed by atoms with Crippen molar-refractivity contribution in [2.24, 2.45) is 5.84 Å². The van der Waals surface area contributed by atoms with Gasteiger partial charge in [0.05, 0.1) is 5.69 Å². The molecular weight excluding hydrogens is 172 g/mol. The van der Waals surface area contributed by atoms with Crippen LogP contribution in [0.25, 0.3) is 0 Å². The fraction of sp³-hybridized carbons (Fsp3) is 0.333. The average molecular weight is 190 g/mol. The summed E-state index contributed by atoms with van der Waals surface area (Å²) in [5.74, 6) is 5.87. The van der Waals surface area contributed by atoms with Crippen LogP contribution < -0.4 is 10.9 Å². The summed E-state index contributed by atoms with van der Waals surface area (Å²) in [6, 6.07) is 4.15. The zero-order chi connectivity index (χ0) is 10.7. The Hall–Kier alpha value is -1.28. The molecule has 0 saturated heterocycles. The normalized spacial score (nSPS) is 10.9. The molecule has 0 spiro atoms. The number of hydrazine groups is 1. The van der Waals surface area contributed by atoms with Gasteiger partial charge in [-0.15, -0.1) is 0 Å². The second-order valence-electron chi connectivity index (χ2n) is 3.54. The van der Waals surface area contributed by atoms with Crippen LogP contribution in [0.4, 0.5) is 5.69 Å². The molecule has 0 heterocycles. The fourth-order valence-electron chi connectivity index (χ4n) is 1.46. The topological polar surface area (TPSA) is 29.3 Å². The summed E-state index contributed by atoms with van der Waals surface area (Å²) < 4.78 is 0. The summed E-state index contributed by atoms with van der Waals surface area (Å²) in [6.07, 6.45) is 3.78. The quantitative estimate of drug-likeness (QED) is 0.574. The zero-order valence-electron chi connectivity index (χ0n) is 9.33. The van der Waals surface area contributed by atoms with Crippen molar-refractivity contribution in [3.05, 3.63) is 41.1 Å². The van der Waals surface area contributed by atoms with Gasteiger partial charge in [0.25, 0.3) is 0 Å². The third-order valence-electron chi connectivity index (χ3n) is 2.62. The van der Waals surface area contributed by atoms with Crippen molar-refractivity contribution in [2.45, 2.75) is 27.7 Å². The smallest absolute Gasteiger partial charge is 0.0600 e. The second kappa shape index (κ2) is 4.29. The van der Waals surface area contributed by atoms with Crippen LogP contribution in [0, 0.1) is 20.8 Å². The van der Waals surface area contributed by atoms with Gasteiger partial charge >= 0.3 is 0 Å². The Kier molecular flexibility index (Phi) is 3.31. The summed E-state index contributed by atoms with van der Waals surface area (Å²) in [5, 5.41) is 1.65. The summed E-state index contributed by atoms with van der Waals surface area (Å²) in [4.78, 5) is 0. The monoisotopic (exact) mass is 190 g/mol. The van der Waals surface area contributed by atoms with E-state index >= 15 is 0 Å². The summed E-state index contributed by atoms with van der Waals surface area (Å²) in [5.41, 5.74) is 4.92. The van der Waals surface area contributed by atoms with Crippen molar-refractivity contribution in [2.75, 3.05) is 5.01 Å². The molecule has 0 amide bonds. The van der Waals surface area contributed by atoms with Gasteiger partial charge in [-0.3, -0.25) is 5.01 Å². The number of hydrogen-bond donors (Lipinski definition) is 1. The molecule has 0 aromatic heterocycles. The molecule has 0 atom stereocenters. The van der Waals surface area contributed by atoms with Gasteiger partial charge in [-0.05, 0) is 50.5 Å². The Balaban J connectivity index is 3.17. The minimum absolute atomic E-state index is 1.06. The predicted molar refractivity (Wildman–Crippen MR) is 62.1 cm³/mol. The number of nitrogens with two attached hydrogens (primary N) is 1. The van der Waals surface area contributed by atoms with Crippen molar-refractivity contribution in [1.29, 1.82) is 0 Å². The Morgan fingerprint density at radius 2 is 1.79 bits per heavy atom. The lowest BCUT2D eigenvalue weighted by atomic mass is 10.0. The molecule has 0 fully saturated rings. The summed E-state index contributed by atoms with van der Waals surface area (Å²) in [6.45, 7) is 8.29. The van der Waals surface area contributed by atoms with Crippen molar-refractivity contribution < 1.29 is 0 Å². The van der Waals surface area contributed by atoms with E-state index < -0.39 is 0 Å². The maximum Gasteiger partial charge on any atom is 0.0600 e. The number of anilines is 1. The molecule has 0 bridgehead atoms. The van der Waals surface area contributed by atoms with Gasteiger partial charge in [0, 0.05) is 6.20 Å². The molecule has 0 aliphatic rings. The van der Waals surface area contributed by atoms with E-state index in [4.69, 9.17) is 5.84 Å². The van der Waals surface area contributed by atoms with Crippen LogP contribution in [0.15, 0.2) is 24.4 Å². The Morgan fingerprint density at radius 1 is 1.14 bits per heavy atom. The first-order chi connectivity index (χ1) is 6.57. The standard InChI is InChI=1S/C12H18N2/c1-5-8-14(13)12-7-6-9(2)10(3)11(12)4/h5-8H,13H2,1-4H3/b8-5+. The van der Waals surface area contributed by atoms with E-state index in [2.05, 4.69) is 32.9 Å². The number of aryl methyl sites for hydroxylation is 1. The molecule has 0 unspecified atom stereocenters. The molecule has 0 radical (unpaired) electrons. The van der Waals surface area contributed by atoms with E-state index in [9.17, 15) is 0 Å². The Bertz CT molecular complexity index is 354. The van der Waals surface area contributed by atoms with Crippen LogP contribution >= 0.6 is 0 Å². The van der Waals surface area contributed by atoms with Gasteiger partial charge < -0.3 is 0 Å². The third-order valence-corrected chi connectivity index (χ3v) is 2.62. The molecule has 1 rings (SSSR count). The molecule has 14 heavy (non-hydrogen) atoms. The largest absolute Gasteiger partial charge is 0.287 e. The summed E-state index contributed by atoms with van der Waals surface area (Å²) in [7, 11) is 0. The van der Waals surface area contributed by atoms with Crippen LogP contribution in [0.2, 0.25) is 0 Å². The van der Waals surface area contributed by atoms with Crippen LogP contribution in [0.5, 0.6) is 0 Å². The highest BCUT2D eigenvalue weighted by Gasteiger charge is 2.05. The number of allylic oxidation sites excluding steroid dienone is 1. The predicted octanol–water partition coefficient (Wildman–Crippen LogP) is 2.83. The van der Waals surface area contributed by atoms with Gasteiger partial charge in [0.2, 0.25) is 0 Å². The molecule has 1 aromatic carbocycles. The number of rotatable bonds is 2. The molecule has 2 N–H and O–H groups in total. The minimum atomic E-state index is 1.06. The first-order valence-electron chi connectivity index (χ1n) is 4.81. The van der Waals surface area contributed by atoms with E-state index in [0.29, 0.717) is 0 Å². The van der Waals surface area contributed by atoms with E-state index in [1.165, 1.54) is 16.7 Å². The van der Waals surface area contributed by atoms with Crippen molar-refractivity contribution in [1.82, 2.24) is 0 Å². The molecule has 2 heteroatoms. The molecular formula is C12H18N2. The number of benzene rings is 1. The Labute approximate surface area is 86.0 Å². The molecule has 0 aliphatic carbocycles. The second-order valence-corrected chi connectivity index (χ2v) is 3.54. The van der Waals surface area contributed by atoms with Crippen LogP contribution in [-0.4, -0.2) is 0 Å². The van der Waals surface area contributed by atoms with Gasteiger partial charge in [-0.2, -0.15) is 0 Å². The lowest BCUT2D eigenvalue weighted by Crippen LogP contribution is -2.25. The van der Waals surface area contributed by atoms with Gasteiger partial charge in [0.1, 0.15) is 0 Å². The zero-order valence-corrected chi connectivity index (χ0v) is 9.33. The van der Waals surface area contributed by atoms with Crippen molar-refractivity contribution in [3.8, 4) is 0 Å². The van der Waals surface area contributed by atoms with Crippen molar-refractivity contribution >= 4 is 5.69 Å². The van der Waals surface area contributed by atoms with Gasteiger partial charge in [-0.25, -0.2) is 5.84 Å². The minimum Gasteiger partial charge on any atom is -0.287 e. The molecule has 2 nitrogen and oxygen atoms in total. The highest BCUT2D eigenvalue weighted by Crippen LogP contribution is 2.23. The van der Waals surface area contributed by atoms with Crippen LogP contribution in [-0.2, 0) is 0 Å². The lowest BCUT2D eigenvalue weighted by molar-refractivity contribution is 1.05. The fourth-order valence-corrected chi connectivity index (χ4v) is 1.46. The van der Waals surface area contributed by atoms with E-state index in [-0.39, 0.29) is 0 Å². The SMILES string of the molecule is C/C=C/N(N)c1ccc(C)c(C)c1C. The molecule has 1 aromatic rings. The van der Waals surface area contributed by atoms with E-state index in [1.54, 1.807) is 5.01 Å². The number of nitrogens with zero attached hydrogens (tertiary/aromatic N) is 1. The van der Waals surface area contributed by atoms with E-state index in [0.717, 1.165) is 5.69 Å². The van der Waals surface area contributed by atoms with E-state index in [1.807, 2.05) is 19.2 Å². The van der Waals surface area contributed by atoms with Crippen LogP contribution in [0.1, 0.15) is 23.6 Å². The Morgan fingerprint density at radius 3 is 2.36 bits per heavy atom.